The maximum Gasteiger partial charge on any atom is 0.194 e. The molecule has 0 heterocycles. The molecule has 0 aliphatic rings. The maximum absolute atomic E-state index is 13.2. The molecule has 0 radical (unpaired) electrons. The Bertz CT molecular complexity index is 399. The average molecular weight is 289 g/mol. The molecule has 0 saturated carbocycles. The smallest absolute Gasteiger partial charge is 0.194 e. The standard InChI is InChI=1S/C14H22F3N3/c1-3-20(4-2)6-5-19-13(9-18)10-7-11(15)14(17)12(16)8-10/h7-8,13,19H,3-6,9,18H2,1-2H3. The number of likely N-dealkylation sites (N-methyl/N-ethyl adjacent to an activating group) is 1. The molecule has 1 aromatic rings. The summed E-state index contributed by atoms with van der Waals surface area (Å²) in [5.41, 5.74) is 5.93. The number of nitrogens with zero attached hydrogens (tertiary/aromatic N) is 1. The molecule has 3 N–H and O–H groups in total. The van der Waals surface area contributed by atoms with Crippen LogP contribution in [0, 0.1) is 17.5 Å². The zero-order valence-electron chi connectivity index (χ0n) is 11.9. The van der Waals surface area contributed by atoms with Crippen molar-refractivity contribution in [1.82, 2.24) is 10.2 Å². The molecular weight excluding hydrogens is 267 g/mol. The Balaban J connectivity index is 2.67. The second-order valence-electron chi connectivity index (χ2n) is 4.57. The van der Waals surface area contributed by atoms with Crippen molar-refractivity contribution in [1.29, 1.82) is 0 Å². The van der Waals surface area contributed by atoms with E-state index in [1.807, 2.05) is 0 Å². The van der Waals surface area contributed by atoms with Crippen LogP contribution in [0.2, 0.25) is 0 Å². The highest BCUT2D eigenvalue weighted by atomic mass is 19.2. The van der Waals surface area contributed by atoms with Gasteiger partial charge in [0.25, 0.3) is 0 Å². The molecule has 0 fully saturated rings. The van der Waals surface area contributed by atoms with E-state index in [0.29, 0.717) is 12.1 Å². The van der Waals surface area contributed by atoms with Crippen molar-refractivity contribution in [3.63, 3.8) is 0 Å². The second kappa shape index (κ2) is 8.24. The van der Waals surface area contributed by atoms with E-state index in [1.54, 1.807) is 0 Å². The highest BCUT2D eigenvalue weighted by molar-refractivity contribution is 5.23. The number of nitrogens with two attached hydrogens (primary N) is 1. The normalized spacial score (nSPS) is 12.9. The predicted molar refractivity (Wildman–Crippen MR) is 73.9 cm³/mol. The molecule has 0 bridgehead atoms. The monoisotopic (exact) mass is 289 g/mol. The SMILES string of the molecule is CCN(CC)CCNC(CN)c1cc(F)c(F)c(F)c1. The van der Waals surface area contributed by atoms with Crippen LogP contribution in [0.25, 0.3) is 0 Å². The summed E-state index contributed by atoms with van der Waals surface area (Å²) in [4.78, 5) is 2.21. The Morgan fingerprint density at radius 1 is 1.15 bits per heavy atom. The van der Waals surface area contributed by atoms with Crippen LogP contribution in [0.4, 0.5) is 13.2 Å². The number of halogens is 3. The van der Waals surface area contributed by atoms with Crippen molar-refractivity contribution >= 4 is 0 Å². The highest BCUT2D eigenvalue weighted by Gasteiger charge is 2.16. The van der Waals surface area contributed by atoms with Gasteiger partial charge >= 0.3 is 0 Å². The largest absolute Gasteiger partial charge is 0.329 e. The number of nitrogens with one attached hydrogen (secondary N) is 1. The van der Waals surface area contributed by atoms with Crippen molar-refractivity contribution < 1.29 is 13.2 Å². The van der Waals surface area contributed by atoms with Crippen molar-refractivity contribution in [3.8, 4) is 0 Å². The fourth-order valence-corrected chi connectivity index (χ4v) is 2.05. The van der Waals surface area contributed by atoms with E-state index in [4.69, 9.17) is 5.73 Å². The van der Waals surface area contributed by atoms with Gasteiger partial charge in [-0.05, 0) is 30.8 Å². The quantitative estimate of drug-likeness (QED) is 0.720. The molecule has 114 valence electrons. The van der Waals surface area contributed by atoms with Gasteiger partial charge in [-0.3, -0.25) is 0 Å². The van der Waals surface area contributed by atoms with Gasteiger partial charge in [0.05, 0.1) is 0 Å². The molecule has 0 amide bonds. The fourth-order valence-electron chi connectivity index (χ4n) is 2.05. The number of benzene rings is 1. The Morgan fingerprint density at radius 2 is 1.70 bits per heavy atom. The lowest BCUT2D eigenvalue weighted by Gasteiger charge is -2.22. The summed E-state index contributed by atoms with van der Waals surface area (Å²) < 4.78 is 39.3. The minimum atomic E-state index is -1.45. The van der Waals surface area contributed by atoms with Crippen molar-refractivity contribution in [2.75, 3.05) is 32.7 Å². The van der Waals surface area contributed by atoms with Crippen LogP contribution in [0.1, 0.15) is 25.5 Å². The molecule has 0 aliphatic heterocycles. The van der Waals surface area contributed by atoms with Crippen molar-refractivity contribution in [2.45, 2.75) is 19.9 Å². The molecule has 1 unspecified atom stereocenters. The maximum atomic E-state index is 13.2. The third-order valence-corrected chi connectivity index (χ3v) is 3.36. The number of hydrogen-bond acceptors (Lipinski definition) is 3. The Labute approximate surface area is 117 Å². The van der Waals surface area contributed by atoms with Crippen molar-refractivity contribution in [3.05, 3.63) is 35.1 Å². The molecule has 20 heavy (non-hydrogen) atoms. The summed E-state index contributed by atoms with van der Waals surface area (Å²) in [6, 6.07) is 1.58. The highest BCUT2D eigenvalue weighted by Crippen LogP contribution is 2.18. The minimum absolute atomic E-state index is 0.183. The molecule has 1 aromatic carbocycles. The fraction of sp³-hybridized carbons (Fsp3) is 0.571. The van der Waals surface area contributed by atoms with E-state index in [1.165, 1.54) is 0 Å². The van der Waals surface area contributed by atoms with Crippen LogP contribution in [0.3, 0.4) is 0 Å². The third-order valence-electron chi connectivity index (χ3n) is 3.36. The molecule has 3 nitrogen and oxygen atoms in total. The van der Waals surface area contributed by atoms with Gasteiger partial charge in [-0.1, -0.05) is 13.8 Å². The van der Waals surface area contributed by atoms with Gasteiger partial charge in [-0.25, -0.2) is 13.2 Å². The molecule has 0 spiro atoms. The molecule has 0 aromatic heterocycles. The molecule has 0 aliphatic carbocycles. The lowest BCUT2D eigenvalue weighted by Crippen LogP contribution is -2.36. The Kier molecular flexibility index (Phi) is 6.98. The van der Waals surface area contributed by atoms with Gasteiger partial charge in [0.15, 0.2) is 17.5 Å². The van der Waals surface area contributed by atoms with Crippen LogP contribution < -0.4 is 11.1 Å². The van der Waals surface area contributed by atoms with Gasteiger partial charge in [-0.2, -0.15) is 0 Å². The summed E-state index contributed by atoms with van der Waals surface area (Å²) in [7, 11) is 0. The number of hydrogen-bond donors (Lipinski definition) is 2. The summed E-state index contributed by atoms with van der Waals surface area (Å²) in [6.45, 7) is 7.64. The van der Waals surface area contributed by atoms with E-state index >= 15 is 0 Å². The predicted octanol–water partition coefficient (Wildman–Crippen LogP) is 2.04. The first-order valence-corrected chi connectivity index (χ1v) is 6.83. The first-order valence-electron chi connectivity index (χ1n) is 6.83. The first-order chi connectivity index (χ1) is 9.53. The zero-order chi connectivity index (χ0) is 15.1. The van der Waals surface area contributed by atoms with E-state index in [0.717, 1.165) is 31.8 Å². The minimum Gasteiger partial charge on any atom is -0.329 e. The van der Waals surface area contributed by atoms with Gasteiger partial charge < -0.3 is 16.0 Å². The molecule has 6 heteroatoms. The third kappa shape index (κ3) is 4.47. The second-order valence-corrected chi connectivity index (χ2v) is 4.57. The van der Waals surface area contributed by atoms with Crippen LogP contribution in [0.5, 0.6) is 0 Å². The summed E-state index contributed by atoms with van der Waals surface area (Å²) >= 11 is 0. The van der Waals surface area contributed by atoms with Crippen LogP contribution in [0.15, 0.2) is 12.1 Å². The zero-order valence-corrected chi connectivity index (χ0v) is 11.9. The van der Waals surface area contributed by atoms with E-state index in [-0.39, 0.29) is 6.54 Å². The van der Waals surface area contributed by atoms with Gasteiger partial charge in [0.1, 0.15) is 0 Å². The lowest BCUT2D eigenvalue weighted by molar-refractivity contribution is 0.296. The summed E-state index contributed by atoms with van der Waals surface area (Å²) in [5, 5.41) is 3.14. The average Bonchev–Trinajstić information content (AvgIpc) is 2.44. The van der Waals surface area contributed by atoms with Gasteiger partial charge in [0.2, 0.25) is 0 Å². The summed E-state index contributed by atoms with van der Waals surface area (Å²) in [5.74, 6) is -3.83. The Morgan fingerprint density at radius 3 is 2.15 bits per heavy atom. The molecule has 1 atom stereocenters. The van der Waals surface area contributed by atoms with Crippen molar-refractivity contribution in [2.24, 2.45) is 5.73 Å². The van der Waals surface area contributed by atoms with Gasteiger partial charge in [-0.15, -0.1) is 0 Å². The number of rotatable bonds is 8. The van der Waals surface area contributed by atoms with Crippen LogP contribution in [-0.2, 0) is 0 Å². The van der Waals surface area contributed by atoms with Crippen LogP contribution in [-0.4, -0.2) is 37.6 Å². The topological polar surface area (TPSA) is 41.3 Å². The van der Waals surface area contributed by atoms with E-state index in [2.05, 4.69) is 24.1 Å². The van der Waals surface area contributed by atoms with Gasteiger partial charge in [0, 0.05) is 25.7 Å². The lowest BCUT2D eigenvalue weighted by atomic mass is 10.1. The Hall–Kier alpha value is -1.11. The molecule has 1 rings (SSSR count). The molecular formula is C14H22F3N3. The van der Waals surface area contributed by atoms with E-state index in [9.17, 15) is 13.2 Å². The first kappa shape index (κ1) is 16.9. The summed E-state index contributed by atoms with van der Waals surface area (Å²) in [6.07, 6.45) is 0. The van der Waals surface area contributed by atoms with Crippen LogP contribution >= 0.6 is 0 Å². The van der Waals surface area contributed by atoms with E-state index < -0.39 is 23.5 Å². The molecule has 0 saturated heterocycles.